The SMILES string of the molecule is N#Cc1c(SCc2ccccc2)n[nH]c1NC(=O)c1ccc([N+](=O)[O-])cc1. The monoisotopic (exact) mass is 379 g/mol. The number of amides is 1. The highest BCUT2D eigenvalue weighted by Crippen LogP contribution is 2.28. The molecule has 0 bridgehead atoms. The van der Waals surface area contributed by atoms with Crippen molar-refractivity contribution in [2.24, 2.45) is 0 Å². The summed E-state index contributed by atoms with van der Waals surface area (Å²) < 4.78 is 0. The number of H-pyrrole nitrogens is 1. The van der Waals surface area contributed by atoms with Gasteiger partial charge in [-0.15, -0.1) is 0 Å². The lowest BCUT2D eigenvalue weighted by molar-refractivity contribution is -0.384. The van der Waals surface area contributed by atoms with Crippen LogP contribution in [0.4, 0.5) is 11.5 Å². The predicted molar refractivity (Wildman–Crippen MR) is 100 cm³/mol. The van der Waals surface area contributed by atoms with Crippen molar-refractivity contribution in [3.05, 3.63) is 81.4 Å². The predicted octanol–water partition coefficient (Wildman–Crippen LogP) is 3.73. The van der Waals surface area contributed by atoms with Gasteiger partial charge in [-0.3, -0.25) is 20.0 Å². The van der Waals surface area contributed by atoms with Crippen LogP contribution in [0.15, 0.2) is 59.6 Å². The number of nitrogens with one attached hydrogen (secondary N) is 2. The second kappa shape index (κ2) is 8.16. The molecule has 1 aromatic heterocycles. The number of carbonyl (C=O) groups excluding carboxylic acids is 1. The summed E-state index contributed by atoms with van der Waals surface area (Å²) in [5, 5.41) is 29.9. The highest BCUT2D eigenvalue weighted by molar-refractivity contribution is 7.98. The third kappa shape index (κ3) is 4.31. The normalized spacial score (nSPS) is 10.2. The van der Waals surface area contributed by atoms with E-state index in [2.05, 4.69) is 15.5 Å². The molecule has 0 atom stereocenters. The smallest absolute Gasteiger partial charge is 0.269 e. The van der Waals surface area contributed by atoms with Crippen molar-refractivity contribution in [1.82, 2.24) is 10.2 Å². The van der Waals surface area contributed by atoms with Crippen LogP contribution in [0.3, 0.4) is 0 Å². The van der Waals surface area contributed by atoms with Gasteiger partial charge in [-0.1, -0.05) is 42.1 Å². The Balaban J connectivity index is 1.71. The van der Waals surface area contributed by atoms with E-state index in [4.69, 9.17) is 0 Å². The fourth-order valence-electron chi connectivity index (χ4n) is 2.27. The molecule has 0 saturated carbocycles. The number of aromatic nitrogens is 2. The molecule has 0 aliphatic rings. The van der Waals surface area contributed by atoms with Gasteiger partial charge in [0, 0.05) is 23.4 Å². The van der Waals surface area contributed by atoms with E-state index >= 15 is 0 Å². The van der Waals surface area contributed by atoms with Crippen molar-refractivity contribution >= 4 is 29.2 Å². The Kier molecular flexibility index (Phi) is 5.49. The maximum absolute atomic E-state index is 12.3. The molecular formula is C18H13N5O3S. The van der Waals surface area contributed by atoms with Crippen LogP contribution in [0, 0.1) is 21.4 Å². The van der Waals surface area contributed by atoms with Crippen LogP contribution in [0.25, 0.3) is 0 Å². The van der Waals surface area contributed by atoms with Crippen LogP contribution in [0.1, 0.15) is 21.5 Å². The third-order valence-corrected chi connectivity index (χ3v) is 4.69. The van der Waals surface area contributed by atoms with Gasteiger partial charge >= 0.3 is 0 Å². The van der Waals surface area contributed by atoms with Gasteiger partial charge < -0.3 is 5.32 Å². The Morgan fingerprint density at radius 2 is 1.93 bits per heavy atom. The summed E-state index contributed by atoms with van der Waals surface area (Å²) in [5.41, 5.74) is 1.46. The average molecular weight is 379 g/mol. The van der Waals surface area contributed by atoms with E-state index in [-0.39, 0.29) is 22.6 Å². The summed E-state index contributed by atoms with van der Waals surface area (Å²) in [6.07, 6.45) is 0. The van der Waals surface area contributed by atoms with Crippen LogP contribution < -0.4 is 5.32 Å². The molecule has 0 radical (unpaired) electrons. The lowest BCUT2D eigenvalue weighted by Crippen LogP contribution is -2.13. The zero-order chi connectivity index (χ0) is 19.2. The van der Waals surface area contributed by atoms with Gasteiger partial charge in [0.25, 0.3) is 11.6 Å². The summed E-state index contributed by atoms with van der Waals surface area (Å²) >= 11 is 1.38. The first-order valence-corrected chi connectivity index (χ1v) is 8.78. The van der Waals surface area contributed by atoms with Crippen LogP contribution in [0.5, 0.6) is 0 Å². The second-order valence-electron chi connectivity index (χ2n) is 5.42. The Hall–Kier alpha value is -3.64. The number of rotatable bonds is 6. The molecule has 1 heterocycles. The molecule has 0 aliphatic carbocycles. The molecule has 0 saturated heterocycles. The molecular weight excluding hydrogens is 366 g/mol. The van der Waals surface area contributed by atoms with Crippen LogP contribution >= 0.6 is 11.8 Å². The van der Waals surface area contributed by atoms with E-state index in [0.29, 0.717) is 10.8 Å². The number of nitrogens with zero attached hydrogens (tertiary/aromatic N) is 3. The lowest BCUT2D eigenvalue weighted by Gasteiger charge is -2.03. The number of benzene rings is 2. The first-order chi connectivity index (χ1) is 13.1. The Labute approximate surface area is 158 Å². The number of hydrogen-bond donors (Lipinski definition) is 2. The zero-order valence-electron chi connectivity index (χ0n) is 13.9. The van der Waals surface area contributed by atoms with Crippen LogP contribution in [0.2, 0.25) is 0 Å². The number of nitro groups is 1. The molecule has 0 aliphatic heterocycles. The van der Waals surface area contributed by atoms with Crippen molar-refractivity contribution in [2.75, 3.05) is 5.32 Å². The Morgan fingerprint density at radius 1 is 1.22 bits per heavy atom. The molecule has 3 rings (SSSR count). The van der Waals surface area contributed by atoms with E-state index in [0.717, 1.165) is 5.56 Å². The number of thioether (sulfide) groups is 1. The summed E-state index contributed by atoms with van der Waals surface area (Å²) in [5.74, 6) is 0.330. The fourth-order valence-corrected chi connectivity index (χ4v) is 3.17. The molecule has 2 N–H and O–H groups in total. The molecule has 0 unspecified atom stereocenters. The minimum Gasteiger partial charge on any atom is -0.306 e. The topological polar surface area (TPSA) is 125 Å². The summed E-state index contributed by atoms with van der Waals surface area (Å²) in [6, 6.07) is 17.0. The Bertz CT molecular complexity index is 1010. The highest BCUT2D eigenvalue weighted by atomic mass is 32.2. The molecule has 8 nitrogen and oxygen atoms in total. The zero-order valence-corrected chi connectivity index (χ0v) is 14.7. The van der Waals surface area contributed by atoms with E-state index in [1.807, 2.05) is 36.4 Å². The van der Waals surface area contributed by atoms with Crippen LogP contribution in [-0.4, -0.2) is 21.0 Å². The van der Waals surface area contributed by atoms with Crippen molar-refractivity contribution in [3.63, 3.8) is 0 Å². The Morgan fingerprint density at radius 3 is 2.56 bits per heavy atom. The number of anilines is 1. The van der Waals surface area contributed by atoms with Gasteiger partial charge in [-0.05, 0) is 17.7 Å². The molecule has 134 valence electrons. The first-order valence-electron chi connectivity index (χ1n) is 7.79. The van der Waals surface area contributed by atoms with Crippen molar-refractivity contribution in [3.8, 4) is 6.07 Å². The van der Waals surface area contributed by atoms with E-state index in [1.165, 1.54) is 36.0 Å². The number of hydrogen-bond acceptors (Lipinski definition) is 6. The number of non-ortho nitro benzene ring substituents is 1. The largest absolute Gasteiger partial charge is 0.306 e. The fraction of sp³-hybridized carbons (Fsp3) is 0.0556. The van der Waals surface area contributed by atoms with Gasteiger partial charge in [0.15, 0.2) is 0 Å². The quantitative estimate of drug-likeness (QED) is 0.382. The van der Waals surface area contributed by atoms with E-state index < -0.39 is 10.8 Å². The number of aromatic amines is 1. The van der Waals surface area contributed by atoms with Gasteiger partial charge in [0.05, 0.1) is 4.92 Å². The molecule has 27 heavy (non-hydrogen) atoms. The maximum Gasteiger partial charge on any atom is 0.269 e. The average Bonchev–Trinajstić information content (AvgIpc) is 3.08. The molecule has 3 aromatic rings. The van der Waals surface area contributed by atoms with E-state index in [1.54, 1.807) is 0 Å². The van der Waals surface area contributed by atoms with Gasteiger partial charge in [0.2, 0.25) is 0 Å². The molecule has 2 aromatic carbocycles. The first kappa shape index (κ1) is 18.2. The summed E-state index contributed by atoms with van der Waals surface area (Å²) in [7, 11) is 0. The minimum atomic E-state index is -0.541. The lowest BCUT2D eigenvalue weighted by atomic mass is 10.2. The maximum atomic E-state index is 12.3. The van der Waals surface area contributed by atoms with Crippen LogP contribution in [-0.2, 0) is 5.75 Å². The van der Waals surface area contributed by atoms with Gasteiger partial charge in [-0.25, -0.2) is 0 Å². The molecule has 9 heteroatoms. The second-order valence-corrected chi connectivity index (χ2v) is 6.39. The third-order valence-electron chi connectivity index (χ3n) is 3.64. The number of nitro benzene ring substituents is 1. The van der Waals surface area contributed by atoms with Gasteiger partial charge in [0.1, 0.15) is 22.5 Å². The number of carbonyl (C=O) groups is 1. The summed E-state index contributed by atoms with van der Waals surface area (Å²) in [6.45, 7) is 0. The van der Waals surface area contributed by atoms with E-state index in [9.17, 15) is 20.2 Å². The molecule has 0 fully saturated rings. The molecule has 1 amide bonds. The van der Waals surface area contributed by atoms with Crippen molar-refractivity contribution < 1.29 is 9.72 Å². The summed E-state index contributed by atoms with van der Waals surface area (Å²) in [4.78, 5) is 22.4. The highest BCUT2D eigenvalue weighted by Gasteiger charge is 2.17. The standard InChI is InChI=1S/C18H13N5O3S/c19-10-15-16(20-17(24)13-6-8-14(9-7-13)23(25)26)21-22-18(15)27-11-12-4-2-1-3-5-12/h1-9H,11H2,(H2,20,21,22,24). The van der Waals surface area contributed by atoms with Crippen molar-refractivity contribution in [2.45, 2.75) is 10.8 Å². The minimum absolute atomic E-state index is 0.106. The molecule has 0 spiro atoms. The van der Waals surface area contributed by atoms with Gasteiger partial charge in [-0.2, -0.15) is 10.4 Å². The van der Waals surface area contributed by atoms with Crippen molar-refractivity contribution in [1.29, 1.82) is 5.26 Å². The number of nitriles is 1.